The molecular weight excluding hydrogens is 354 g/mol. The second kappa shape index (κ2) is 8.59. The van der Waals surface area contributed by atoms with E-state index in [4.69, 9.17) is 0 Å². The molecule has 1 amide bonds. The Bertz CT molecular complexity index is 821. The van der Waals surface area contributed by atoms with Crippen molar-refractivity contribution in [3.63, 3.8) is 0 Å². The highest BCUT2D eigenvalue weighted by Crippen LogP contribution is 2.32. The largest absolute Gasteiger partial charge is 0.477 e. The van der Waals surface area contributed by atoms with Crippen LogP contribution in [0.25, 0.3) is 0 Å². The van der Waals surface area contributed by atoms with Crippen molar-refractivity contribution in [1.82, 2.24) is 9.78 Å². The number of hydrogen-bond donors (Lipinski definition) is 1. The molecule has 6 heteroatoms. The number of carboxylic acids is 1. The van der Waals surface area contributed by atoms with Crippen LogP contribution in [-0.4, -0.2) is 32.8 Å². The van der Waals surface area contributed by atoms with Crippen LogP contribution >= 0.6 is 0 Å². The predicted octanol–water partition coefficient (Wildman–Crippen LogP) is 4.20. The van der Waals surface area contributed by atoms with Crippen molar-refractivity contribution in [1.29, 1.82) is 0 Å². The minimum absolute atomic E-state index is 0.00522. The molecule has 1 aliphatic rings. The van der Waals surface area contributed by atoms with Crippen LogP contribution in [0.2, 0.25) is 0 Å². The maximum Gasteiger partial charge on any atom is 0.341 e. The van der Waals surface area contributed by atoms with Gasteiger partial charge in [-0.2, -0.15) is 5.10 Å². The van der Waals surface area contributed by atoms with E-state index >= 15 is 0 Å². The first-order chi connectivity index (χ1) is 13.4. The van der Waals surface area contributed by atoms with Crippen LogP contribution in [-0.2, 0) is 11.3 Å². The zero-order chi connectivity index (χ0) is 20.3. The fourth-order valence-electron chi connectivity index (χ4n) is 3.90. The van der Waals surface area contributed by atoms with Gasteiger partial charge in [0.2, 0.25) is 5.91 Å². The lowest BCUT2D eigenvalue weighted by molar-refractivity contribution is -0.123. The number of aromatic nitrogens is 2. The second-order valence-electron chi connectivity index (χ2n) is 8.11. The Morgan fingerprint density at radius 2 is 1.82 bits per heavy atom. The van der Waals surface area contributed by atoms with Gasteiger partial charge in [0.1, 0.15) is 5.56 Å². The van der Waals surface area contributed by atoms with Crippen molar-refractivity contribution in [3.05, 3.63) is 47.7 Å². The number of amides is 1. The molecule has 1 aromatic heterocycles. The van der Waals surface area contributed by atoms with Crippen molar-refractivity contribution >= 4 is 17.7 Å². The number of carboxylic acid groups (broad SMARTS) is 1. The first-order valence-electron chi connectivity index (χ1n) is 10.0. The van der Waals surface area contributed by atoms with Gasteiger partial charge >= 0.3 is 5.97 Å². The van der Waals surface area contributed by atoms with E-state index in [1.807, 2.05) is 44.2 Å². The molecule has 0 spiro atoms. The summed E-state index contributed by atoms with van der Waals surface area (Å²) in [6.45, 7) is 6.49. The summed E-state index contributed by atoms with van der Waals surface area (Å²) in [6.07, 6.45) is 5.32. The van der Waals surface area contributed by atoms with E-state index in [1.165, 1.54) is 6.20 Å². The van der Waals surface area contributed by atoms with Gasteiger partial charge in [0.25, 0.3) is 0 Å². The molecule has 0 atom stereocenters. The lowest BCUT2D eigenvalue weighted by Crippen LogP contribution is -2.43. The SMILES string of the molecule is CC1CCC(C(=O)N(c2nn(Cc3ccccc3)cc2C(=O)O)C(C)C)CC1. The van der Waals surface area contributed by atoms with E-state index in [2.05, 4.69) is 12.0 Å². The number of carbonyl (C=O) groups excluding carboxylic acids is 1. The van der Waals surface area contributed by atoms with Crippen molar-refractivity contribution in [3.8, 4) is 0 Å². The third-order valence-corrected chi connectivity index (χ3v) is 5.51. The molecule has 0 radical (unpaired) electrons. The quantitative estimate of drug-likeness (QED) is 0.811. The summed E-state index contributed by atoms with van der Waals surface area (Å²) in [5, 5.41) is 14.2. The first kappa shape index (κ1) is 20.1. The summed E-state index contributed by atoms with van der Waals surface area (Å²) >= 11 is 0. The number of benzene rings is 1. The Labute approximate surface area is 166 Å². The van der Waals surface area contributed by atoms with Crippen molar-refractivity contribution in [2.75, 3.05) is 4.90 Å². The third-order valence-electron chi connectivity index (χ3n) is 5.51. The van der Waals surface area contributed by atoms with Gasteiger partial charge < -0.3 is 5.11 Å². The Hall–Kier alpha value is -2.63. The van der Waals surface area contributed by atoms with Gasteiger partial charge in [0.15, 0.2) is 5.82 Å². The van der Waals surface area contributed by atoms with Crippen molar-refractivity contribution < 1.29 is 14.7 Å². The molecule has 0 aliphatic heterocycles. The average molecular weight is 383 g/mol. The molecule has 2 aromatic rings. The van der Waals surface area contributed by atoms with Crippen LogP contribution in [0, 0.1) is 11.8 Å². The Balaban J connectivity index is 1.91. The van der Waals surface area contributed by atoms with Gasteiger partial charge in [-0.05, 0) is 51.0 Å². The highest BCUT2D eigenvalue weighted by molar-refractivity contribution is 6.01. The van der Waals surface area contributed by atoms with Crippen molar-refractivity contribution in [2.24, 2.45) is 11.8 Å². The standard InChI is InChI=1S/C22H29N3O3/c1-15(2)25(21(26)18-11-9-16(3)10-12-18)20-19(22(27)28)14-24(23-20)13-17-7-5-4-6-8-17/h4-8,14-16,18H,9-13H2,1-3H3,(H,27,28). The highest BCUT2D eigenvalue weighted by atomic mass is 16.4. The Kier molecular flexibility index (Phi) is 6.17. The fourth-order valence-corrected chi connectivity index (χ4v) is 3.90. The summed E-state index contributed by atoms with van der Waals surface area (Å²) in [5.41, 5.74) is 1.10. The van der Waals surface area contributed by atoms with Gasteiger partial charge in [-0.15, -0.1) is 0 Å². The van der Waals surface area contributed by atoms with Crippen LogP contribution in [0.3, 0.4) is 0 Å². The molecule has 1 heterocycles. The molecule has 0 unspecified atom stereocenters. The minimum Gasteiger partial charge on any atom is -0.477 e. The topological polar surface area (TPSA) is 75.4 Å². The molecule has 28 heavy (non-hydrogen) atoms. The Morgan fingerprint density at radius 1 is 1.18 bits per heavy atom. The Morgan fingerprint density at radius 3 is 2.39 bits per heavy atom. The summed E-state index contributed by atoms with van der Waals surface area (Å²) in [6, 6.07) is 9.58. The van der Waals surface area contributed by atoms with Crippen LogP contribution in [0.4, 0.5) is 5.82 Å². The molecule has 3 rings (SSSR count). The number of nitrogens with zero attached hydrogens (tertiary/aromatic N) is 3. The van der Waals surface area contributed by atoms with E-state index in [9.17, 15) is 14.7 Å². The van der Waals surface area contributed by atoms with Gasteiger partial charge in [-0.25, -0.2) is 4.79 Å². The van der Waals surface area contributed by atoms with Gasteiger partial charge in [-0.1, -0.05) is 37.3 Å². The number of aromatic carboxylic acids is 1. The van der Waals surface area contributed by atoms with Gasteiger partial charge in [0.05, 0.1) is 6.54 Å². The molecule has 1 fully saturated rings. The van der Waals surface area contributed by atoms with Crippen molar-refractivity contribution in [2.45, 2.75) is 59.0 Å². The number of anilines is 1. The maximum atomic E-state index is 13.3. The summed E-state index contributed by atoms with van der Waals surface area (Å²) < 4.78 is 1.61. The van der Waals surface area contributed by atoms with Crippen LogP contribution in [0.5, 0.6) is 0 Å². The monoisotopic (exact) mass is 383 g/mol. The lowest BCUT2D eigenvalue weighted by Gasteiger charge is -2.32. The molecular formula is C22H29N3O3. The number of hydrogen-bond acceptors (Lipinski definition) is 3. The number of rotatable bonds is 6. The molecule has 1 N–H and O–H groups in total. The normalized spacial score (nSPS) is 19.6. The zero-order valence-electron chi connectivity index (χ0n) is 16.8. The summed E-state index contributed by atoms with van der Waals surface area (Å²) in [7, 11) is 0. The molecule has 150 valence electrons. The third kappa shape index (κ3) is 4.43. The fraction of sp³-hybridized carbons (Fsp3) is 0.500. The summed E-state index contributed by atoms with van der Waals surface area (Å²) in [4.78, 5) is 26.7. The molecule has 6 nitrogen and oxygen atoms in total. The van der Waals surface area contributed by atoms with Gasteiger partial charge in [-0.3, -0.25) is 14.4 Å². The summed E-state index contributed by atoms with van der Waals surface area (Å²) in [5.74, 6) is -0.225. The maximum absolute atomic E-state index is 13.3. The molecule has 0 bridgehead atoms. The highest BCUT2D eigenvalue weighted by Gasteiger charge is 2.34. The smallest absolute Gasteiger partial charge is 0.341 e. The number of carbonyl (C=O) groups is 2. The van der Waals surface area contributed by atoms with Crippen LogP contribution in [0.15, 0.2) is 36.5 Å². The van der Waals surface area contributed by atoms with E-state index in [-0.39, 0.29) is 29.2 Å². The van der Waals surface area contributed by atoms with Gasteiger partial charge in [0, 0.05) is 18.2 Å². The predicted molar refractivity (Wildman–Crippen MR) is 108 cm³/mol. The van der Waals surface area contributed by atoms with Crippen LogP contribution in [0.1, 0.15) is 62.4 Å². The van der Waals surface area contributed by atoms with E-state index in [0.717, 1.165) is 31.2 Å². The first-order valence-corrected chi connectivity index (χ1v) is 10.0. The average Bonchev–Trinajstić information content (AvgIpc) is 3.06. The molecule has 0 saturated heterocycles. The molecule has 1 aliphatic carbocycles. The van der Waals surface area contributed by atoms with E-state index < -0.39 is 5.97 Å². The van der Waals surface area contributed by atoms with E-state index in [1.54, 1.807) is 9.58 Å². The minimum atomic E-state index is -1.06. The van der Waals surface area contributed by atoms with E-state index in [0.29, 0.717) is 12.5 Å². The van der Waals surface area contributed by atoms with Crippen LogP contribution < -0.4 is 4.90 Å². The second-order valence-corrected chi connectivity index (χ2v) is 8.11. The molecule has 1 aromatic carbocycles. The lowest BCUT2D eigenvalue weighted by atomic mass is 9.82. The zero-order valence-corrected chi connectivity index (χ0v) is 16.8. The molecule has 1 saturated carbocycles.